The summed E-state index contributed by atoms with van der Waals surface area (Å²) in [5.41, 5.74) is 2.78. The minimum atomic E-state index is -0.403. The molecule has 6 heteroatoms. The third kappa shape index (κ3) is 2.80. The van der Waals surface area contributed by atoms with Gasteiger partial charge in [0.1, 0.15) is 23.0 Å². The van der Waals surface area contributed by atoms with Crippen molar-refractivity contribution >= 4 is 23.1 Å². The number of carbonyl (C=O) groups is 2. The van der Waals surface area contributed by atoms with E-state index in [1.807, 2.05) is 0 Å². The summed E-state index contributed by atoms with van der Waals surface area (Å²) in [4.78, 5) is 26.7. The normalized spacial score (nSPS) is 17.7. The molecular formula is C24H20O6. The molecule has 0 aromatic heterocycles. The zero-order valence-electron chi connectivity index (χ0n) is 17.0. The molecular weight excluding hydrogens is 384 g/mol. The van der Waals surface area contributed by atoms with Crippen molar-refractivity contribution in [2.75, 3.05) is 14.2 Å². The Morgan fingerprint density at radius 2 is 1.03 bits per heavy atom. The molecule has 2 aliphatic carbocycles. The number of phenols is 2. The summed E-state index contributed by atoms with van der Waals surface area (Å²) in [6.45, 7) is 3.53. The van der Waals surface area contributed by atoms with Gasteiger partial charge in [-0.1, -0.05) is 0 Å². The molecule has 0 bridgehead atoms. The van der Waals surface area contributed by atoms with Gasteiger partial charge in [0.2, 0.25) is 0 Å². The molecule has 6 nitrogen and oxygen atoms in total. The third-order valence-electron chi connectivity index (χ3n) is 5.28. The summed E-state index contributed by atoms with van der Waals surface area (Å²) in [6, 6.07) is 6.41. The van der Waals surface area contributed by atoms with Gasteiger partial charge in [0.25, 0.3) is 0 Å². The third-order valence-corrected chi connectivity index (χ3v) is 5.28. The number of hydrogen-bond acceptors (Lipinski definition) is 6. The molecule has 2 aliphatic rings. The van der Waals surface area contributed by atoms with E-state index >= 15 is 0 Å². The zero-order chi connectivity index (χ0) is 21.7. The summed E-state index contributed by atoms with van der Waals surface area (Å²) in [5.74, 6) is -0.375. The number of rotatable bonds is 2. The Morgan fingerprint density at radius 3 is 1.37 bits per heavy atom. The Balaban J connectivity index is 2.02. The summed E-state index contributed by atoms with van der Waals surface area (Å²) in [5, 5.41) is 20.7. The number of Topliss-reactive ketones (excluding diaryl/α,β-unsaturated/α-hetero) is 2. The molecule has 0 unspecified atom stereocenters. The Hall–Kier alpha value is -3.80. The zero-order valence-corrected chi connectivity index (χ0v) is 17.0. The number of fused-ring (bicyclic) bond motifs is 2. The number of benzene rings is 2. The largest absolute Gasteiger partial charge is 0.507 e. The Morgan fingerprint density at radius 1 is 0.667 bits per heavy atom. The molecule has 0 saturated carbocycles. The van der Waals surface area contributed by atoms with E-state index in [0.29, 0.717) is 22.3 Å². The minimum Gasteiger partial charge on any atom is -0.507 e. The molecule has 0 radical (unpaired) electrons. The van der Waals surface area contributed by atoms with E-state index < -0.39 is 11.6 Å². The van der Waals surface area contributed by atoms with Crippen molar-refractivity contribution < 1.29 is 29.3 Å². The van der Waals surface area contributed by atoms with Crippen LogP contribution in [0, 0.1) is 13.8 Å². The summed E-state index contributed by atoms with van der Waals surface area (Å²) >= 11 is 0. The molecule has 152 valence electrons. The molecule has 2 aromatic carbocycles. The number of aromatic hydroxyl groups is 2. The fraction of sp³-hybridized carbons (Fsp3) is 0.167. The molecule has 0 aliphatic heterocycles. The van der Waals surface area contributed by atoms with Crippen molar-refractivity contribution in [3.8, 4) is 11.5 Å². The van der Waals surface area contributed by atoms with Crippen LogP contribution in [0.2, 0.25) is 0 Å². The van der Waals surface area contributed by atoms with Crippen LogP contribution in [-0.2, 0) is 9.47 Å². The van der Waals surface area contributed by atoms with Crippen LogP contribution in [0.15, 0.2) is 47.6 Å². The highest BCUT2D eigenvalue weighted by molar-refractivity contribution is 6.26. The predicted octanol–water partition coefficient (Wildman–Crippen LogP) is 4.08. The van der Waals surface area contributed by atoms with Crippen molar-refractivity contribution in [1.82, 2.24) is 0 Å². The molecule has 0 fully saturated rings. The smallest absolute Gasteiger partial charge is 0.194 e. The monoisotopic (exact) mass is 404 g/mol. The van der Waals surface area contributed by atoms with Gasteiger partial charge in [-0.25, -0.2) is 0 Å². The van der Waals surface area contributed by atoms with Crippen LogP contribution in [0.4, 0.5) is 0 Å². The van der Waals surface area contributed by atoms with Crippen LogP contribution in [0.5, 0.6) is 11.5 Å². The molecule has 4 rings (SSSR count). The first-order chi connectivity index (χ1) is 14.3. The lowest BCUT2D eigenvalue weighted by Crippen LogP contribution is -2.20. The van der Waals surface area contributed by atoms with Gasteiger partial charge in [0, 0.05) is 22.3 Å². The second-order valence-electron chi connectivity index (χ2n) is 7.32. The number of carbonyl (C=O) groups excluding carboxylic acids is 2. The summed E-state index contributed by atoms with van der Waals surface area (Å²) < 4.78 is 10.8. The van der Waals surface area contributed by atoms with Crippen molar-refractivity contribution in [3.63, 3.8) is 0 Å². The van der Waals surface area contributed by atoms with Crippen LogP contribution >= 0.6 is 0 Å². The van der Waals surface area contributed by atoms with Crippen molar-refractivity contribution in [3.05, 3.63) is 80.9 Å². The number of methoxy groups -OCH3 is 2. The van der Waals surface area contributed by atoms with E-state index in [1.54, 1.807) is 38.1 Å². The van der Waals surface area contributed by atoms with Gasteiger partial charge in [-0.15, -0.1) is 0 Å². The highest BCUT2D eigenvalue weighted by Gasteiger charge is 2.34. The predicted molar refractivity (Wildman–Crippen MR) is 111 cm³/mol. The van der Waals surface area contributed by atoms with Crippen molar-refractivity contribution in [2.24, 2.45) is 0 Å². The molecule has 30 heavy (non-hydrogen) atoms. The second-order valence-corrected chi connectivity index (χ2v) is 7.32. The van der Waals surface area contributed by atoms with Gasteiger partial charge in [0.05, 0.1) is 25.3 Å². The van der Waals surface area contributed by atoms with Crippen LogP contribution in [0.25, 0.3) is 11.5 Å². The number of hydrogen-bond donors (Lipinski definition) is 2. The fourth-order valence-corrected chi connectivity index (χ4v) is 3.96. The lowest BCUT2D eigenvalue weighted by atomic mass is 9.82. The van der Waals surface area contributed by atoms with E-state index in [4.69, 9.17) is 9.47 Å². The number of ether oxygens (including phenoxy) is 2. The molecule has 0 spiro atoms. The van der Waals surface area contributed by atoms with Crippen LogP contribution in [0.1, 0.15) is 43.0 Å². The maximum Gasteiger partial charge on any atom is 0.194 e. The second kappa shape index (κ2) is 6.91. The van der Waals surface area contributed by atoms with Gasteiger partial charge >= 0.3 is 0 Å². The fourth-order valence-electron chi connectivity index (χ4n) is 3.96. The molecule has 0 atom stereocenters. The van der Waals surface area contributed by atoms with E-state index in [9.17, 15) is 19.8 Å². The van der Waals surface area contributed by atoms with E-state index in [2.05, 4.69) is 0 Å². The van der Waals surface area contributed by atoms with E-state index in [0.717, 1.165) is 0 Å². The number of ketones is 2. The molecule has 0 amide bonds. The topological polar surface area (TPSA) is 93.1 Å². The first-order valence-corrected chi connectivity index (χ1v) is 9.29. The van der Waals surface area contributed by atoms with Crippen molar-refractivity contribution in [1.29, 1.82) is 0 Å². The SMILES string of the molecule is COC1=C/C(=C2/C=C(OC)c3c(O)cc(C)cc3C2=O)C(=O)c2cc(C)cc(O)c21. The Kier molecular flexibility index (Phi) is 4.50. The van der Waals surface area contributed by atoms with E-state index in [-0.39, 0.29) is 45.3 Å². The van der Waals surface area contributed by atoms with Crippen molar-refractivity contribution in [2.45, 2.75) is 13.8 Å². The lowest BCUT2D eigenvalue weighted by molar-refractivity contribution is 0.100. The Labute approximate surface area is 173 Å². The van der Waals surface area contributed by atoms with Gasteiger partial charge < -0.3 is 19.7 Å². The maximum absolute atomic E-state index is 13.3. The highest BCUT2D eigenvalue weighted by atomic mass is 16.5. The highest BCUT2D eigenvalue weighted by Crippen LogP contribution is 2.41. The maximum atomic E-state index is 13.3. The average Bonchev–Trinajstić information content (AvgIpc) is 2.69. The first kappa shape index (κ1) is 19.5. The molecule has 2 N–H and O–H groups in total. The van der Waals surface area contributed by atoms with E-state index in [1.165, 1.54) is 26.4 Å². The molecule has 2 aromatic rings. The van der Waals surface area contributed by atoms with Gasteiger partial charge in [-0.2, -0.15) is 0 Å². The molecule has 0 heterocycles. The van der Waals surface area contributed by atoms with Gasteiger partial charge in [0.15, 0.2) is 11.6 Å². The van der Waals surface area contributed by atoms with Crippen LogP contribution in [0.3, 0.4) is 0 Å². The number of allylic oxidation sites excluding steroid dienone is 4. The molecule has 0 saturated heterocycles. The lowest BCUT2D eigenvalue weighted by Gasteiger charge is -2.24. The number of phenolic OH excluding ortho intramolecular Hbond substituents is 2. The average molecular weight is 404 g/mol. The standard InChI is InChI=1S/C24H20O6/c1-11-5-15-21(17(25)7-11)19(29-3)9-13(23(15)27)14-10-20(30-4)22-16(24(14)28)6-12(2)8-18(22)26/h5-10,25-26H,1-4H3/b14-13+. The van der Waals surface area contributed by atoms with Gasteiger partial charge in [-0.3, -0.25) is 9.59 Å². The van der Waals surface area contributed by atoms with Crippen LogP contribution in [-0.4, -0.2) is 36.0 Å². The number of aryl methyl sites for hydroxylation is 2. The first-order valence-electron chi connectivity index (χ1n) is 9.29. The Bertz CT molecular complexity index is 1130. The summed E-state index contributed by atoms with van der Waals surface area (Å²) in [7, 11) is 2.87. The van der Waals surface area contributed by atoms with Crippen LogP contribution < -0.4 is 0 Å². The summed E-state index contributed by atoms with van der Waals surface area (Å²) in [6.07, 6.45) is 2.91. The minimum absolute atomic E-state index is 0.0653. The quantitative estimate of drug-likeness (QED) is 0.733. The van der Waals surface area contributed by atoms with Gasteiger partial charge in [-0.05, 0) is 61.4 Å².